The second-order valence-corrected chi connectivity index (χ2v) is 5.65. The maximum absolute atomic E-state index is 11.0. The van der Waals surface area contributed by atoms with Crippen LogP contribution in [0.1, 0.15) is 47.5 Å². The molecule has 0 aliphatic carbocycles. The topological polar surface area (TPSA) is 64.4 Å². The summed E-state index contributed by atoms with van der Waals surface area (Å²) in [5, 5.41) is 14.4. The molecule has 0 aliphatic rings. The number of hydrogen-bond acceptors (Lipinski definition) is 4. The molecule has 0 saturated heterocycles. The van der Waals surface area contributed by atoms with E-state index >= 15 is 0 Å². The number of ether oxygens (including phenoxy) is 1. The minimum absolute atomic E-state index is 0.0173. The number of anilines is 1. The van der Waals surface area contributed by atoms with Crippen molar-refractivity contribution in [2.45, 2.75) is 59.6 Å². The van der Waals surface area contributed by atoms with Crippen molar-refractivity contribution in [3.05, 3.63) is 28.3 Å². The molecule has 118 valence electrons. The molecule has 1 aromatic rings. The first-order chi connectivity index (χ1) is 9.87. The molecule has 5 nitrogen and oxygen atoms in total. The van der Waals surface area contributed by atoms with E-state index in [0.717, 1.165) is 18.5 Å². The third kappa shape index (κ3) is 5.25. The van der Waals surface area contributed by atoms with Crippen LogP contribution in [-0.4, -0.2) is 17.1 Å². The highest BCUT2D eigenvalue weighted by molar-refractivity contribution is 5.56. The summed E-state index contributed by atoms with van der Waals surface area (Å²) in [4.78, 5) is 10.7. The second kappa shape index (κ2) is 7.86. The van der Waals surface area contributed by atoms with Crippen molar-refractivity contribution in [2.24, 2.45) is 5.92 Å². The van der Waals surface area contributed by atoms with Crippen LogP contribution in [0.3, 0.4) is 0 Å². The minimum atomic E-state index is -0.389. The molecule has 0 aromatic heterocycles. The van der Waals surface area contributed by atoms with Gasteiger partial charge in [-0.15, -0.1) is 0 Å². The van der Waals surface area contributed by atoms with Gasteiger partial charge in [0.1, 0.15) is 5.75 Å². The van der Waals surface area contributed by atoms with Crippen molar-refractivity contribution in [3.63, 3.8) is 0 Å². The van der Waals surface area contributed by atoms with Gasteiger partial charge in [-0.05, 0) is 26.7 Å². The van der Waals surface area contributed by atoms with E-state index in [1.807, 2.05) is 19.9 Å². The highest BCUT2D eigenvalue weighted by Crippen LogP contribution is 2.28. The number of rotatable bonds is 8. The maximum Gasteiger partial charge on any atom is 0.275 e. The summed E-state index contributed by atoms with van der Waals surface area (Å²) in [6.45, 7) is 10.2. The molecule has 1 atom stereocenters. The highest BCUT2D eigenvalue weighted by Gasteiger charge is 2.16. The number of nitrogens with zero attached hydrogens (tertiary/aromatic N) is 1. The van der Waals surface area contributed by atoms with Crippen LogP contribution in [0.25, 0.3) is 0 Å². The van der Waals surface area contributed by atoms with Gasteiger partial charge in [-0.1, -0.05) is 26.7 Å². The Hall–Kier alpha value is -1.78. The van der Waals surface area contributed by atoms with Crippen LogP contribution in [0.4, 0.5) is 11.4 Å². The van der Waals surface area contributed by atoms with Crippen LogP contribution >= 0.6 is 0 Å². The average molecular weight is 294 g/mol. The lowest BCUT2D eigenvalue weighted by atomic mass is 9.95. The van der Waals surface area contributed by atoms with Crippen LogP contribution in [0, 0.1) is 16.0 Å². The van der Waals surface area contributed by atoms with Crippen LogP contribution in [0.15, 0.2) is 18.2 Å². The SMILES string of the molecule is CCC(CC)C(C)Nc1cc(OC(C)C)cc([N+](=O)[O-])c1. The molecule has 1 rings (SSSR count). The standard InChI is InChI=1S/C16H26N2O3/c1-6-13(7-2)12(5)17-14-8-15(18(19)20)10-16(9-14)21-11(3)4/h8-13,17H,6-7H2,1-5H3. The minimum Gasteiger partial charge on any atom is -0.491 e. The molecule has 5 heteroatoms. The van der Waals surface area contributed by atoms with Gasteiger partial charge in [0.05, 0.1) is 17.1 Å². The van der Waals surface area contributed by atoms with Crippen molar-refractivity contribution < 1.29 is 9.66 Å². The Morgan fingerprint density at radius 1 is 1.19 bits per heavy atom. The predicted molar refractivity (Wildman–Crippen MR) is 86.0 cm³/mol. The summed E-state index contributed by atoms with van der Waals surface area (Å²) in [6, 6.07) is 5.11. The van der Waals surface area contributed by atoms with Crippen molar-refractivity contribution in [3.8, 4) is 5.75 Å². The average Bonchev–Trinajstić information content (AvgIpc) is 2.38. The van der Waals surface area contributed by atoms with Gasteiger partial charge in [-0.2, -0.15) is 0 Å². The lowest BCUT2D eigenvalue weighted by molar-refractivity contribution is -0.384. The van der Waals surface area contributed by atoms with Crippen LogP contribution in [-0.2, 0) is 0 Å². The Labute approximate surface area is 126 Å². The highest BCUT2D eigenvalue weighted by atomic mass is 16.6. The first kappa shape index (κ1) is 17.3. The summed E-state index contributed by atoms with van der Waals surface area (Å²) < 4.78 is 5.60. The number of non-ortho nitro benzene ring substituents is 1. The summed E-state index contributed by atoms with van der Waals surface area (Å²) >= 11 is 0. The van der Waals surface area contributed by atoms with Crippen LogP contribution < -0.4 is 10.1 Å². The molecule has 0 radical (unpaired) electrons. The largest absolute Gasteiger partial charge is 0.491 e. The monoisotopic (exact) mass is 294 g/mol. The molecule has 1 aromatic carbocycles. The van der Waals surface area contributed by atoms with Gasteiger partial charge in [0.25, 0.3) is 5.69 Å². The third-order valence-electron chi connectivity index (χ3n) is 3.62. The summed E-state index contributed by atoms with van der Waals surface area (Å²) in [5.74, 6) is 1.07. The predicted octanol–water partition coefficient (Wildman–Crippen LogP) is 4.62. The van der Waals surface area contributed by atoms with E-state index in [-0.39, 0.29) is 22.8 Å². The fourth-order valence-electron chi connectivity index (χ4n) is 2.49. The Morgan fingerprint density at radius 3 is 2.29 bits per heavy atom. The molecule has 0 heterocycles. The number of nitrogens with one attached hydrogen (secondary N) is 1. The van der Waals surface area contributed by atoms with Gasteiger partial charge >= 0.3 is 0 Å². The zero-order valence-electron chi connectivity index (χ0n) is 13.6. The fraction of sp³-hybridized carbons (Fsp3) is 0.625. The zero-order valence-corrected chi connectivity index (χ0v) is 13.6. The molecule has 0 amide bonds. The van der Waals surface area contributed by atoms with Crippen LogP contribution in [0.2, 0.25) is 0 Å². The summed E-state index contributed by atoms with van der Waals surface area (Å²) in [7, 11) is 0. The summed E-state index contributed by atoms with van der Waals surface area (Å²) in [6.07, 6.45) is 2.14. The number of hydrogen-bond donors (Lipinski definition) is 1. The Kier molecular flexibility index (Phi) is 6.46. The molecule has 0 fully saturated rings. The normalized spacial score (nSPS) is 12.5. The zero-order chi connectivity index (χ0) is 16.0. The van der Waals surface area contributed by atoms with E-state index in [1.54, 1.807) is 6.07 Å². The van der Waals surface area contributed by atoms with Crippen molar-refractivity contribution >= 4 is 11.4 Å². The molecule has 0 bridgehead atoms. The number of nitro groups is 1. The fourth-order valence-corrected chi connectivity index (χ4v) is 2.49. The molecule has 0 spiro atoms. The Balaban J connectivity index is 2.99. The van der Waals surface area contributed by atoms with Crippen molar-refractivity contribution in [1.82, 2.24) is 0 Å². The van der Waals surface area contributed by atoms with E-state index in [1.165, 1.54) is 6.07 Å². The molecule has 0 saturated carbocycles. The quantitative estimate of drug-likeness (QED) is 0.561. The summed E-state index contributed by atoms with van der Waals surface area (Å²) in [5.41, 5.74) is 0.784. The van der Waals surface area contributed by atoms with Crippen LogP contribution in [0.5, 0.6) is 5.75 Å². The smallest absolute Gasteiger partial charge is 0.275 e. The van der Waals surface area contributed by atoms with E-state index in [0.29, 0.717) is 11.7 Å². The lowest BCUT2D eigenvalue weighted by Gasteiger charge is -2.24. The number of nitro benzene ring substituents is 1. The van der Waals surface area contributed by atoms with E-state index in [9.17, 15) is 10.1 Å². The van der Waals surface area contributed by atoms with Gasteiger partial charge in [0, 0.05) is 23.9 Å². The maximum atomic E-state index is 11.0. The van der Waals surface area contributed by atoms with Gasteiger partial charge in [-0.25, -0.2) is 0 Å². The Morgan fingerprint density at radius 2 is 1.81 bits per heavy atom. The molecule has 0 aliphatic heterocycles. The molecular formula is C16H26N2O3. The van der Waals surface area contributed by atoms with Gasteiger partial charge in [-0.3, -0.25) is 10.1 Å². The van der Waals surface area contributed by atoms with Crippen molar-refractivity contribution in [1.29, 1.82) is 0 Å². The third-order valence-corrected chi connectivity index (χ3v) is 3.62. The second-order valence-electron chi connectivity index (χ2n) is 5.65. The first-order valence-corrected chi connectivity index (χ1v) is 7.60. The first-order valence-electron chi connectivity index (χ1n) is 7.60. The molecule has 21 heavy (non-hydrogen) atoms. The molecular weight excluding hydrogens is 268 g/mol. The lowest BCUT2D eigenvalue weighted by Crippen LogP contribution is -2.25. The van der Waals surface area contributed by atoms with Gasteiger partial charge < -0.3 is 10.1 Å². The molecule has 1 unspecified atom stereocenters. The molecule has 1 N–H and O–H groups in total. The van der Waals surface area contributed by atoms with Gasteiger partial charge in [0.2, 0.25) is 0 Å². The van der Waals surface area contributed by atoms with Crippen molar-refractivity contribution in [2.75, 3.05) is 5.32 Å². The number of benzene rings is 1. The van der Waals surface area contributed by atoms with Gasteiger partial charge in [0.15, 0.2) is 0 Å². The van der Waals surface area contributed by atoms with E-state index in [2.05, 4.69) is 26.1 Å². The van der Waals surface area contributed by atoms with E-state index in [4.69, 9.17) is 4.74 Å². The van der Waals surface area contributed by atoms with E-state index < -0.39 is 0 Å². The Bertz CT molecular complexity index is 471.